The van der Waals surface area contributed by atoms with E-state index in [0.29, 0.717) is 6.54 Å². The van der Waals surface area contributed by atoms with Crippen molar-refractivity contribution in [3.63, 3.8) is 0 Å². The van der Waals surface area contributed by atoms with Crippen LogP contribution in [0.15, 0.2) is 30.3 Å². The standard InChI is InChI=1S/C16H18N2O2/c1-15(2)16(3)13-10-11-6-4-5-7-12(11)17(13)8-9-18(16)14(19)20-15/h4-7,10H,8-9H2,1-3H3/t16-/m0/s1. The lowest BCUT2D eigenvalue weighted by atomic mass is 9.79. The van der Waals surface area contributed by atoms with Gasteiger partial charge in [-0.2, -0.15) is 0 Å². The smallest absolute Gasteiger partial charge is 0.411 e. The highest BCUT2D eigenvalue weighted by Gasteiger charge is 2.60. The number of carbonyl (C=O) groups excluding carboxylic acids is 1. The second-order valence-corrected chi connectivity index (χ2v) is 6.34. The molecule has 3 heterocycles. The summed E-state index contributed by atoms with van der Waals surface area (Å²) in [6, 6.07) is 10.6. The summed E-state index contributed by atoms with van der Waals surface area (Å²) in [6.45, 7) is 7.63. The minimum atomic E-state index is -0.531. The maximum Gasteiger partial charge on any atom is 0.411 e. The summed E-state index contributed by atoms with van der Waals surface area (Å²) in [5.41, 5.74) is 1.46. The fourth-order valence-electron chi connectivity index (χ4n) is 3.70. The van der Waals surface area contributed by atoms with E-state index in [-0.39, 0.29) is 6.09 Å². The zero-order valence-electron chi connectivity index (χ0n) is 12.0. The van der Waals surface area contributed by atoms with Gasteiger partial charge >= 0.3 is 6.09 Å². The van der Waals surface area contributed by atoms with Gasteiger partial charge in [-0.05, 0) is 38.3 Å². The van der Waals surface area contributed by atoms with E-state index in [2.05, 4.69) is 41.8 Å². The summed E-state index contributed by atoms with van der Waals surface area (Å²) in [6.07, 6.45) is -0.200. The first-order valence-electron chi connectivity index (χ1n) is 7.04. The van der Waals surface area contributed by atoms with Crippen LogP contribution in [0.5, 0.6) is 0 Å². The molecule has 0 radical (unpaired) electrons. The lowest BCUT2D eigenvalue weighted by Crippen LogP contribution is -2.55. The Morgan fingerprint density at radius 2 is 1.90 bits per heavy atom. The third-order valence-corrected chi connectivity index (χ3v) is 5.13. The van der Waals surface area contributed by atoms with Crippen LogP contribution in [0.2, 0.25) is 0 Å². The lowest BCUT2D eigenvalue weighted by molar-refractivity contribution is 0.0115. The van der Waals surface area contributed by atoms with E-state index in [0.717, 1.165) is 6.54 Å². The highest BCUT2D eigenvalue weighted by molar-refractivity contribution is 5.83. The summed E-state index contributed by atoms with van der Waals surface area (Å²) in [5.74, 6) is 0. The fourth-order valence-corrected chi connectivity index (χ4v) is 3.70. The van der Waals surface area contributed by atoms with Crippen LogP contribution < -0.4 is 0 Å². The van der Waals surface area contributed by atoms with Crippen LogP contribution in [0, 0.1) is 0 Å². The second-order valence-electron chi connectivity index (χ2n) is 6.34. The molecule has 1 amide bonds. The average molecular weight is 270 g/mol. The van der Waals surface area contributed by atoms with Gasteiger partial charge in [0.2, 0.25) is 0 Å². The molecule has 1 aromatic heterocycles. The van der Waals surface area contributed by atoms with Crippen molar-refractivity contribution in [3.05, 3.63) is 36.0 Å². The third kappa shape index (κ3) is 1.15. The minimum absolute atomic E-state index is 0.200. The first kappa shape index (κ1) is 11.8. The molecular weight excluding hydrogens is 252 g/mol. The van der Waals surface area contributed by atoms with Crippen LogP contribution in [0.1, 0.15) is 26.5 Å². The van der Waals surface area contributed by atoms with Gasteiger partial charge in [0.05, 0.1) is 0 Å². The molecule has 2 aliphatic heterocycles. The Morgan fingerprint density at radius 3 is 2.70 bits per heavy atom. The summed E-state index contributed by atoms with van der Waals surface area (Å²) < 4.78 is 7.95. The quantitative estimate of drug-likeness (QED) is 0.737. The van der Waals surface area contributed by atoms with Crippen molar-refractivity contribution in [1.29, 1.82) is 0 Å². The molecule has 0 unspecified atom stereocenters. The molecule has 0 spiro atoms. The number of benzene rings is 1. The molecule has 1 atom stereocenters. The number of nitrogens with zero attached hydrogens (tertiary/aromatic N) is 2. The Hall–Kier alpha value is -1.97. The zero-order chi connectivity index (χ0) is 14.1. The SMILES string of the molecule is CC1(C)OC(=O)N2CCn3c(cc4ccccc43)[C@]21C. The third-order valence-electron chi connectivity index (χ3n) is 5.13. The molecule has 0 aliphatic carbocycles. The van der Waals surface area contributed by atoms with Crippen LogP contribution in [0.3, 0.4) is 0 Å². The van der Waals surface area contributed by atoms with Gasteiger partial charge in [0.15, 0.2) is 0 Å². The van der Waals surface area contributed by atoms with E-state index in [1.54, 1.807) is 0 Å². The highest BCUT2D eigenvalue weighted by Crippen LogP contribution is 2.49. The predicted molar refractivity (Wildman–Crippen MR) is 76.6 cm³/mol. The number of cyclic esters (lactones) is 1. The van der Waals surface area contributed by atoms with Crippen LogP contribution in [0.4, 0.5) is 4.79 Å². The average Bonchev–Trinajstić information content (AvgIpc) is 2.85. The molecule has 4 heteroatoms. The first-order valence-corrected chi connectivity index (χ1v) is 7.04. The van der Waals surface area contributed by atoms with E-state index in [1.165, 1.54) is 16.6 Å². The van der Waals surface area contributed by atoms with E-state index in [4.69, 9.17) is 4.74 Å². The van der Waals surface area contributed by atoms with Crippen molar-refractivity contribution in [2.45, 2.75) is 38.5 Å². The first-order chi connectivity index (χ1) is 9.45. The maximum absolute atomic E-state index is 12.1. The van der Waals surface area contributed by atoms with Crippen molar-refractivity contribution in [3.8, 4) is 0 Å². The largest absolute Gasteiger partial charge is 0.440 e. The molecule has 20 heavy (non-hydrogen) atoms. The molecular formula is C16H18N2O2. The van der Waals surface area contributed by atoms with Gasteiger partial charge in [-0.3, -0.25) is 4.90 Å². The number of rotatable bonds is 0. The van der Waals surface area contributed by atoms with Crippen molar-refractivity contribution in [2.24, 2.45) is 0 Å². The summed E-state index contributed by atoms with van der Waals surface area (Å²) >= 11 is 0. The molecule has 2 aromatic rings. The number of ether oxygens (including phenoxy) is 1. The molecule has 0 N–H and O–H groups in total. The number of hydrogen-bond acceptors (Lipinski definition) is 2. The second kappa shape index (κ2) is 3.37. The molecule has 0 bridgehead atoms. The lowest BCUT2D eigenvalue weighted by Gasteiger charge is -2.44. The van der Waals surface area contributed by atoms with Gasteiger partial charge < -0.3 is 9.30 Å². The molecule has 0 saturated carbocycles. The van der Waals surface area contributed by atoms with E-state index in [1.807, 2.05) is 18.7 Å². The van der Waals surface area contributed by atoms with Gasteiger partial charge in [0.25, 0.3) is 0 Å². The summed E-state index contributed by atoms with van der Waals surface area (Å²) in [7, 11) is 0. The Balaban J connectivity index is 2.04. The molecule has 1 fully saturated rings. The van der Waals surface area contributed by atoms with Crippen molar-refractivity contribution < 1.29 is 9.53 Å². The Labute approximate surface area is 117 Å². The van der Waals surface area contributed by atoms with Crippen LogP contribution >= 0.6 is 0 Å². The molecule has 4 nitrogen and oxygen atoms in total. The number of carbonyl (C=O) groups is 1. The van der Waals surface area contributed by atoms with Gasteiger partial charge in [0, 0.05) is 24.3 Å². The predicted octanol–water partition coefficient (Wildman–Crippen LogP) is 3.10. The van der Waals surface area contributed by atoms with Gasteiger partial charge in [-0.15, -0.1) is 0 Å². The normalized spacial score (nSPS) is 27.4. The topological polar surface area (TPSA) is 34.5 Å². The van der Waals surface area contributed by atoms with Gasteiger partial charge in [-0.25, -0.2) is 4.79 Å². The van der Waals surface area contributed by atoms with Crippen molar-refractivity contribution in [2.75, 3.05) is 6.54 Å². The molecule has 4 rings (SSSR count). The number of hydrogen-bond donors (Lipinski definition) is 0. The number of amides is 1. The molecule has 1 saturated heterocycles. The molecule has 2 aliphatic rings. The van der Waals surface area contributed by atoms with Crippen LogP contribution in [-0.4, -0.2) is 27.7 Å². The van der Waals surface area contributed by atoms with E-state index >= 15 is 0 Å². The Morgan fingerprint density at radius 1 is 1.15 bits per heavy atom. The van der Waals surface area contributed by atoms with Crippen molar-refractivity contribution in [1.82, 2.24) is 9.47 Å². The van der Waals surface area contributed by atoms with Crippen LogP contribution in [0.25, 0.3) is 10.9 Å². The molecule has 104 valence electrons. The van der Waals surface area contributed by atoms with E-state index < -0.39 is 11.1 Å². The minimum Gasteiger partial charge on any atom is -0.440 e. The monoisotopic (exact) mass is 270 g/mol. The molecule has 1 aromatic carbocycles. The van der Waals surface area contributed by atoms with Crippen molar-refractivity contribution >= 4 is 17.0 Å². The Bertz CT molecular complexity index is 731. The Kier molecular flexibility index (Phi) is 1.99. The number of fused-ring (bicyclic) bond motifs is 5. The van der Waals surface area contributed by atoms with Gasteiger partial charge in [-0.1, -0.05) is 18.2 Å². The summed E-state index contributed by atoms with van der Waals surface area (Å²) in [5, 5.41) is 1.22. The number of aromatic nitrogens is 1. The van der Waals surface area contributed by atoms with E-state index in [9.17, 15) is 4.79 Å². The number of para-hydroxylation sites is 1. The van der Waals surface area contributed by atoms with Gasteiger partial charge in [0.1, 0.15) is 11.1 Å². The highest BCUT2D eigenvalue weighted by atomic mass is 16.6. The van der Waals surface area contributed by atoms with Crippen LogP contribution in [-0.2, 0) is 16.8 Å². The fraction of sp³-hybridized carbons (Fsp3) is 0.438. The summed E-state index contributed by atoms with van der Waals surface area (Å²) in [4.78, 5) is 14.0. The maximum atomic E-state index is 12.1. The zero-order valence-corrected chi connectivity index (χ0v) is 12.0.